The summed E-state index contributed by atoms with van der Waals surface area (Å²) in [4.78, 5) is 12.3. The maximum Gasteiger partial charge on any atom is 0.246 e. The largest absolute Gasteiger partial charge is 0.490 e. The first-order valence-electron chi connectivity index (χ1n) is 8.60. The standard InChI is InChI=1S/C20H24N2O2/c1-15(20(23)22-16-8-3-2-4-9-16)21-17-10-7-13-19(14-17)24-18-11-5-6-12-18/h2-4,7-10,13-15,18,21H,5-6,11-12H2,1H3,(H,22,23)/t15-/m1/s1. The number of amides is 1. The number of hydrogen-bond acceptors (Lipinski definition) is 3. The summed E-state index contributed by atoms with van der Waals surface area (Å²) in [5.74, 6) is 0.797. The Hall–Kier alpha value is -2.49. The minimum atomic E-state index is -0.341. The molecule has 2 N–H and O–H groups in total. The number of rotatable bonds is 6. The van der Waals surface area contributed by atoms with Crippen molar-refractivity contribution in [2.24, 2.45) is 0 Å². The maximum absolute atomic E-state index is 12.3. The highest BCUT2D eigenvalue weighted by atomic mass is 16.5. The molecule has 1 atom stereocenters. The molecule has 1 saturated carbocycles. The van der Waals surface area contributed by atoms with Gasteiger partial charge in [0.05, 0.1) is 6.10 Å². The Balaban J connectivity index is 1.57. The van der Waals surface area contributed by atoms with E-state index in [2.05, 4.69) is 10.6 Å². The first kappa shape index (κ1) is 16.4. The molecule has 1 aliphatic rings. The maximum atomic E-state index is 12.3. The van der Waals surface area contributed by atoms with Gasteiger partial charge in [-0.3, -0.25) is 4.79 Å². The van der Waals surface area contributed by atoms with Crippen LogP contribution in [-0.4, -0.2) is 18.1 Å². The van der Waals surface area contributed by atoms with E-state index in [1.807, 2.05) is 61.5 Å². The van der Waals surface area contributed by atoms with Gasteiger partial charge in [0, 0.05) is 17.4 Å². The van der Waals surface area contributed by atoms with Crippen LogP contribution in [0.1, 0.15) is 32.6 Å². The lowest BCUT2D eigenvalue weighted by atomic mass is 10.2. The SMILES string of the molecule is C[C@@H](Nc1cccc(OC2CCCC2)c1)C(=O)Nc1ccccc1. The summed E-state index contributed by atoms with van der Waals surface area (Å²) < 4.78 is 6.01. The van der Waals surface area contributed by atoms with Crippen molar-refractivity contribution in [3.05, 3.63) is 54.6 Å². The fourth-order valence-electron chi connectivity index (χ4n) is 2.95. The molecule has 2 aromatic carbocycles. The van der Waals surface area contributed by atoms with Crippen molar-refractivity contribution in [2.45, 2.75) is 44.8 Å². The summed E-state index contributed by atoms with van der Waals surface area (Å²) in [7, 11) is 0. The second-order valence-electron chi connectivity index (χ2n) is 6.27. The molecular weight excluding hydrogens is 300 g/mol. The van der Waals surface area contributed by atoms with Crippen molar-refractivity contribution in [2.75, 3.05) is 10.6 Å². The zero-order valence-corrected chi connectivity index (χ0v) is 14.0. The average Bonchev–Trinajstić information content (AvgIpc) is 3.09. The molecule has 0 radical (unpaired) electrons. The molecule has 0 aliphatic heterocycles. The third kappa shape index (κ3) is 4.51. The Labute approximate surface area is 143 Å². The fourth-order valence-corrected chi connectivity index (χ4v) is 2.95. The summed E-state index contributed by atoms with van der Waals surface area (Å²) >= 11 is 0. The van der Waals surface area contributed by atoms with Gasteiger partial charge in [-0.2, -0.15) is 0 Å². The van der Waals surface area contributed by atoms with E-state index in [4.69, 9.17) is 4.74 Å². The highest BCUT2D eigenvalue weighted by molar-refractivity contribution is 5.96. The number of hydrogen-bond donors (Lipinski definition) is 2. The van der Waals surface area contributed by atoms with Gasteiger partial charge in [0.2, 0.25) is 5.91 Å². The molecule has 0 unspecified atom stereocenters. The highest BCUT2D eigenvalue weighted by Crippen LogP contribution is 2.26. The molecular formula is C20H24N2O2. The molecule has 0 heterocycles. The minimum Gasteiger partial charge on any atom is -0.490 e. The second-order valence-corrected chi connectivity index (χ2v) is 6.27. The van der Waals surface area contributed by atoms with Crippen molar-refractivity contribution < 1.29 is 9.53 Å². The van der Waals surface area contributed by atoms with Crippen LogP contribution in [0.5, 0.6) is 5.75 Å². The average molecular weight is 324 g/mol. The molecule has 0 saturated heterocycles. The lowest BCUT2D eigenvalue weighted by molar-refractivity contribution is -0.116. The molecule has 1 fully saturated rings. The van der Waals surface area contributed by atoms with Gasteiger partial charge in [-0.25, -0.2) is 0 Å². The third-order valence-electron chi connectivity index (χ3n) is 4.26. The number of para-hydroxylation sites is 1. The summed E-state index contributed by atoms with van der Waals surface area (Å²) in [6.07, 6.45) is 5.10. The zero-order valence-electron chi connectivity index (χ0n) is 14.0. The fraction of sp³-hybridized carbons (Fsp3) is 0.350. The van der Waals surface area contributed by atoms with Crippen molar-refractivity contribution in [3.63, 3.8) is 0 Å². The summed E-state index contributed by atoms with van der Waals surface area (Å²) in [6, 6.07) is 17.0. The molecule has 3 rings (SSSR count). The lowest BCUT2D eigenvalue weighted by Gasteiger charge is -2.17. The molecule has 126 valence electrons. The van der Waals surface area contributed by atoms with Crippen molar-refractivity contribution in [3.8, 4) is 5.75 Å². The Morgan fingerprint density at radius 1 is 1.04 bits per heavy atom. The van der Waals surface area contributed by atoms with Gasteiger partial charge < -0.3 is 15.4 Å². The van der Waals surface area contributed by atoms with Crippen LogP contribution in [0.3, 0.4) is 0 Å². The number of benzene rings is 2. The van der Waals surface area contributed by atoms with Crippen LogP contribution < -0.4 is 15.4 Å². The monoisotopic (exact) mass is 324 g/mol. The number of ether oxygens (including phenoxy) is 1. The minimum absolute atomic E-state index is 0.0664. The van der Waals surface area contributed by atoms with E-state index >= 15 is 0 Å². The van der Waals surface area contributed by atoms with Crippen LogP contribution in [0.4, 0.5) is 11.4 Å². The first-order valence-corrected chi connectivity index (χ1v) is 8.60. The second kappa shape index (κ2) is 7.86. The van der Waals surface area contributed by atoms with E-state index in [1.165, 1.54) is 12.8 Å². The highest BCUT2D eigenvalue weighted by Gasteiger charge is 2.17. The van der Waals surface area contributed by atoms with Gasteiger partial charge in [0.25, 0.3) is 0 Å². The molecule has 24 heavy (non-hydrogen) atoms. The number of carbonyl (C=O) groups excluding carboxylic acids is 1. The Morgan fingerprint density at radius 2 is 1.75 bits per heavy atom. The topological polar surface area (TPSA) is 50.4 Å². The Kier molecular flexibility index (Phi) is 5.36. The van der Waals surface area contributed by atoms with Gasteiger partial charge >= 0.3 is 0 Å². The van der Waals surface area contributed by atoms with Gasteiger partial charge in [0.1, 0.15) is 11.8 Å². The Bertz CT molecular complexity index is 666. The molecule has 0 spiro atoms. The van der Waals surface area contributed by atoms with E-state index in [1.54, 1.807) is 0 Å². The van der Waals surface area contributed by atoms with Gasteiger partial charge in [-0.15, -0.1) is 0 Å². The van der Waals surface area contributed by atoms with Crippen molar-refractivity contribution >= 4 is 17.3 Å². The number of anilines is 2. The van der Waals surface area contributed by atoms with Gasteiger partial charge in [-0.05, 0) is 56.9 Å². The van der Waals surface area contributed by atoms with Crippen LogP contribution in [0, 0.1) is 0 Å². The summed E-state index contributed by atoms with van der Waals surface area (Å²) in [5, 5.41) is 6.14. The molecule has 4 nitrogen and oxygen atoms in total. The van der Waals surface area contributed by atoms with Crippen LogP contribution in [-0.2, 0) is 4.79 Å². The first-order chi connectivity index (χ1) is 11.7. The van der Waals surface area contributed by atoms with Crippen LogP contribution >= 0.6 is 0 Å². The predicted molar refractivity (Wildman–Crippen MR) is 97.5 cm³/mol. The molecule has 0 bridgehead atoms. The van der Waals surface area contributed by atoms with E-state index in [0.29, 0.717) is 6.10 Å². The van der Waals surface area contributed by atoms with E-state index < -0.39 is 0 Å². The number of nitrogens with one attached hydrogen (secondary N) is 2. The summed E-state index contributed by atoms with van der Waals surface area (Å²) in [5.41, 5.74) is 1.69. The molecule has 2 aromatic rings. The van der Waals surface area contributed by atoms with Crippen molar-refractivity contribution in [1.29, 1.82) is 0 Å². The molecule has 1 aliphatic carbocycles. The van der Waals surface area contributed by atoms with E-state index in [-0.39, 0.29) is 11.9 Å². The Morgan fingerprint density at radius 3 is 2.50 bits per heavy atom. The zero-order chi connectivity index (χ0) is 16.8. The van der Waals surface area contributed by atoms with Gasteiger partial charge in [0.15, 0.2) is 0 Å². The lowest BCUT2D eigenvalue weighted by Crippen LogP contribution is -2.31. The smallest absolute Gasteiger partial charge is 0.246 e. The quantitative estimate of drug-likeness (QED) is 0.825. The van der Waals surface area contributed by atoms with Crippen LogP contribution in [0.15, 0.2) is 54.6 Å². The van der Waals surface area contributed by atoms with Crippen LogP contribution in [0.2, 0.25) is 0 Å². The molecule has 0 aromatic heterocycles. The normalized spacial score (nSPS) is 15.7. The van der Waals surface area contributed by atoms with Crippen LogP contribution in [0.25, 0.3) is 0 Å². The van der Waals surface area contributed by atoms with E-state index in [0.717, 1.165) is 30.0 Å². The molecule has 1 amide bonds. The predicted octanol–water partition coefficient (Wildman–Crippen LogP) is 4.45. The van der Waals surface area contributed by atoms with E-state index in [9.17, 15) is 4.79 Å². The van der Waals surface area contributed by atoms with Gasteiger partial charge in [-0.1, -0.05) is 24.3 Å². The molecule has 4 heteroatoms. The third-order valence-corrected chi connectivity index (χ3v) is 4.26. The number of carbonyl (C=O) groups is 1. The summed E-state index contributed by atoms with van der Waals surface area (Å²) in [6.45, 7) is 1.85. The van der Waals surface area contributed by atoms with Crippen molar-refractivity contribution in [1.82, 2.24) is 0 Å².